The minimum Gasteiger partial charge on any atom is -0.310 e. The molecule has 110 valence electrons. The Bertz CT molecular complexity index is 557. The lowest BCUT2D eigenvalue weighted by atomic mass is 9.79. The van der Waals surface area contributed by atoms with E-state index in [1.807, 2.05) is 0 Å². The quantitative estimate of drug-likeness (QED) is 0.797. The highest BCUT2D eigenvalue weighted by molar-refractivity contribution is 5.31. The zero-order valence-electron chi connectivity index (χ0n) is 12.9. The maximum Gasteiger partial charge on any atom is 0.0360 e. The van der Waals surface area contributed by atoms with E-state index < -0.39 is 0 Å². The summed E-state index contributed by atoms with van der Waals surface area (Å²) in [4.78, 5) is 0. The molecule has 0 saturated heterocycles. The van der Waals surface area contributed by atoms with Gasteiger partial charge in [0.1, 0.15) is 0 Å². The highest BCUT2D eigenvalue weighted by Crippen LogP contribution is 2.37. The van der Waals surface area contributed by atoms with Crippen molar-refractivity contribution < 1.29 is 0 Å². The molecule has 0 aromatic heterocycles. The van der Waals surface area contributed by atoms with Gasteiger partial charge in [0.05, 0.1) is 0 Å². The molecule has 0 heterocycles. The Balaban J connectivity index is 1.79. The second-order valence-corrected chi connectivity index (χ2v) is 6.10. The normalized spacial score (nSPS) is 16.4. The van der Waals surface area contributed by atoms with Gasteiger partial charge in [-0.2, -0.15) is 0 Å². The summed E-state index contributed by atoms with van der Waals surface area (Å²) in [6, 6.07) is 20.4. The molecule has 1 unspecified atom stereocenters. The van der Waals surface area contributed by atoms with Crippen LogP contribution in [0.4, 0.5) is 0 Å². The molecule has 21 heavy (non-hydrogen) atoms. The zero-order valence-corrected chi connectivity index (χ0v) is 12.9. The Hall–Kier alpha value is -1.60. The van der Waals surface area contributed by atoms with Crippen molar-refractivity contribution in [2.24, 2.45) is 0 Å². The van der Waals surface area contributed by atoms with E-state index in [9.17, 15) is 0 Å². The van der Waals surface area contributed by atoms with Gasteiger partial charge in [0, 0.05) is 6.04 Å². The second-order valence-electron chi connectivity index (χ2n) is 6.10. The number of benzene rings is 2. The Labute approximate surface area is 128 Å². The van der Waals surface area contributed by atoms with Gasteiger partial charge in [-0.3, -0.25) is 0 Å². The summed E-state index contributed by atoms with van der Waals surface area (Å²) in [6.07, 6.45) is 5.19. The number of likely N-dealkylation sites (N-methyl/N-ethyl adjacent to an activating group) is 1. The number of hydrogen-bond acceptors (Lipinski definition) is 1. The van der Waals surface area contributed by atoms with Crippen LogP contribution in [0.3, 0.4) is 0 Å². The summed E-state index contributed by atoms with van der Waals surface area (Å²) in [6.45, 7) is 3.19. The third-order valence-electron chi connectivity index (χ3n) is 4.62. The Morgan fingerprint density at radius 2 is 1.86 bits per heavy atom. The summed E-state index contributed by atoms with van der Waals surface area (Å²) < 4.78 is 0. The summed E-state index contributed by atoms with van der Waals surface area (Å²) >= 11 is 0. The van der Waals surface area contributed by atoms with E-state index in [1.165, 1.54) is 36.0 Å². The SMILES string of the molecule is CCNC(Cc1ccccc1)c1cccc(C2CCC2)c1. The molecule has 2 aromatic rings. The van der Waals surface area contributed by atoms with Gasteiger partial charge in [0.15, 0.2) is 0 Å². The third-order valence-corrected chi connectivity index (χ3v) is 4.62. The molecule has 2 aromatic carbocycles. The highest BCUT2D eigenvalue weighted by atomic mass is 14.9. The van der Waals surface area contributed by atoms with Crippen molar-refractivity contribution in [3.63, 3.8) is 0 Å². The first kappa shape index (κ1) is 14.3. The third kappa shape index (κ3) is 3.54. The van der Waals surface area contributed by atoms with Crippen molar-refractivity contribution in [3.05, 3.63) is 71.3 Å². The van der Waals surface area contributed by atoms with Crippen LogP contribution in [0.1, 0.15) is 54.8 Å². The lowest BCUT2D eigenvalue weighted by molar-refractivity contribution is 0.419. The smallest absolute Gasteiger partial charge is 0.0360 e. The van der Waals surface area contributed by atoms with E-state index in [0.29, 0.717) is 6.04 Å². The molecule has 0 aliphatic heterocycles. The Morgan fingerprint density at radius 1 is 1.05 bits per heavy atom. The van der Waals surface area contributed by atoms with Gasteiger partial charge >= 0.3 is 0 Å². The van der Waals surface area contributed by atoms with Crippen molar-refractivity contribution in [2.75, 3.05) is 6.54 Å². The maximum atomic E-state index is 3.65. The van der Waals surface area contributed by atoms with Crippen molar-refractivity contribution in [1.82, 2.24) is 5.32 Å². The van der Waals surface area contributed by atoms with Crippen molar-refractivity contribution in [3.8, 4) is 0 Å². The fraction of sp³-hybridized carbons (Fsp3) is 0.400. The average molecular weight is 279 g/mol. The fourth-order valence-electron chi connectivity index (χ4n) is 3.18. The van der Waals surface area contributed by atoms with Gasteiger partial charge in [0.25, 0.3) is 0 Å². The predicted molar refractivity (Wildman–Crippen MR) is 89.6 cm³/mol. The molecular formula is C20H25N. The van der Waals surface area contributed by atoms with Gasteiger partial charge in [-0.25, -0.2) is 0 Å². The number of nitrogens with one attached hydrogen (secondary N) is 1. The van der Waals surface area contributed by atoms with Crippen molar-refractivity contribution in [1.29, 1.82) is 0 Å². The Morgan fingerprint density at radius 3 is 2.52 bits per heavy atom. The first-order valence-electron chi connectivity index (χ1n) is 8.24. The van der Waals surface area contributed by atoms with Crippen LogP contribution in [0.15, 0.2) is 54.6 Å². The standard InChI is InChI=1S/C20H25N/c1-2-21-20(14-16-8-4-3-5-9-16)19-13-7-12-18(15-19)17-10-6-11-17/h3-5,7-9,12-13,15,17,20-21H,2,6,10-11,14H2,1H3. The molecule has 0 radical (unpaired) electrons. The minimum absolute atomic E-state index is 0.414. The van der Waals surface area contributed by atoms with Crippen LogP contribution < -0.4 is 5.32 Å². The summed E-state index contributed by atoms with van der Waals surface area (Å²) in [7, 11) is 0. The van der Waals surface area contributed by atoms with E-state index in [0.717, 1.165) is 18.9 Å². The van der Waals surface area contributed by atoms with E-state index in [4.69, 9.17) is 0 Å². The van der Waals surface area contributed by atoms with E-state index in [-0.39, 0.29) is 0 Å². The van der Waals surface area contributed by atoms with Crippen LogP contribution in [0.25, 0.3) is 0 Å². The lowest BCUT2D eigenvalue weighted by Gasteiger charge is -2.27. The molecule has 0 spiro atoms. The van der Waals surface area contributed by atoms with Gasteiger partial charge in [0.2, 0.25) is 0 Å². The molecule has 1 saturated carbocycles. The molecule has 3 rings (SSSR count). The van der Waals surface area contributed by atoms with Crippen LogP contribution in [0.2, 0.25) is 0 Å². The first-order chi connectivity index (χ1) is 10.4. The van der Waals surface area contributed by atoms with E-state index in [1.54, 1.807) is 0 Å². The monoisotopic (exact) mass is 279 g/mol. The number of hydrogen-bond donors (Lipinski definition) is 1. The van der Waals surface area contributed by atoms with E-state index >= 15 is 0 Å². The molecule has 1 fully saturated rings. The average Bonchev–Trinajstić information content (AvgIpc) is 2.46. The maximum absolute atomic E-state index is 3.65. The molecule has 1 atom stereocenters. The van der Waals surface area contributed by atoms with Crippen LogP contribution >= 0.6 is 0 Å². The van der Waals surface area contributed by atoms with Crippen molar-refractivity contribution in [2.45, 2.75) is 44.6 Å². The van der Waals surface area contributed by atoms with Gasteiger partial charge in [-0.1, -0.05) is 67.9 Å². The highest BCUT2D eigenvalue weighted by Gasteiger charge is 2.20. The lowest BCUT2D eigenvalue weighted by Crippen LogP contribution is -2.23. The first-order valence-corrected chi connectivity index (χ1v) is 8.24. The van der Waals surface area contributed by atoms with Crippen molar-refractivity contribution >= 4 is 0 Å². The van der Waals surface area contributed by atoms with Gasteiger partial charge in [-0.15, -0.1) is 0 Å². The van der Waals surface area contributed by atoms with Crippen LogP contribution in [0, 0.1) is 0 Å². The van der Waals surface area contributed by atoms with Crippen LogP contribution in [-0.4, -0.2) is 6.54 Å². The molecule has 1 aliphatic rings. The van der Waals surface area contributed by atoms with Crippen LogP contribution in [-0.2, 0) is 6.42 Å². The fourth-order valence-corrected chi connectivity index (χ4v) is 3.18. The molecule has 1 heteroatoms. The molecule has 1 N–H and O–H groups in total. The van der Waals surface area contributed by atoms with Gasteiger partial charge in [-0.05, 0) is 48.4 Å². The molecule has 0 amide bonds. The van der Waals surface area contributed by atoms with Crippen LogP contribution in [0.5, 0.6) is 0 Å². The topological polar surface area (TPSA) is 12.0 Å². The molecular weight excluding hydrogens is 254 g/mol. The second kappa shape index (κ2) is 6.91. The minimum atomic E-state index is 0.414. The molecule has 0 bridgehead atoms. The zero-order chi connectivity index (χ0) is 14.5. The number of rotatable bonds is 6. The summed E-state index contributed by atoms with van der Waals surface area (Å²) in [5.74, 6) is 0.809. The Kier molecular flexibility index (Phi) is 4.72. The largest absolute Gasteiger partial charge is 0.310 e. The summed E-state index contributed by atoms with van der Waals surface area (Å²) in [5.41, 5.74) is 4.37. The van der Waals surface area contributed by atoms with E-state index in [2.05, 4.69) is 66.8 Å². The van der Waals surface area contributed by atoms with Gasteiger partial charge < -0.3 is 5.32 Å². The molecule has 1 aliphatic carbocycles. The summed E-state index contributed by atoms with van der Waals surface area (Å²) in [5, 5.41) is 3.65. The predicted octanol–water partition coefficient (Wildman–Crippen LogP) is 4.85. The molecule has 1 nitrogen and oxygen atoms in total.